The fourth-order valence-corrected chi connectivity index (χ4v) is 4.54. The lowest BCUT2D eigenvalue weighted by Gasteiger charge is -2.28. The van der Waals surface area contributed by atoms with Crippen molar-refractivity contribution in [3.63, 3.8) is 0 Å². The summed E-state index contributed by atoms with van der Waals surface area (Å²) in [5.74, 6) is -0.146. The van der Waals surface area contributed by atoms with Crippen LogP contribution in [0.4, 0.5) is 4.39 Å². The second kappa shape index (κ2) is 11.3. The molecular weight excluding hydrogens is 451 g/mol. The second-order valence-corrected chi connectivity index (χ2v) is 9.92. The monoisotopic (exact) mass is 486 g/mol. The van der Waals surface area contributed by atoms with Crippen LogP contribution in [0.5, 0.6) is 5.75 Å². The van der Waals surface area contributed by atoms with Crippen LogP contribution in [0.1, 0.15) is 76.0 Å². The number of amides is 2. The molecule has 9 heteroatoms. The van der Waals surface area contributed by atoms with Crippen molar-refractivity contribution in [1.29, 1.82) is 0 Å². The molecule has 1 aliphatic carbocycles. The lowest BCUT2D eigenvalue weighted by Crippen LogP contribution is -2.40. The Balaban J connectivity index is 1.31. The first-order valence-electron chi connectivity index (χ1n) is 12.7. The molecule has 2 amide bonds. The van der Waals surface area contributed by atoms with Gasteiger partial charge in [0.2, 0.25) is 11.8 Å². The van der Waals surface area contributed by atoms with Gasteiger partial charge < -0.3 is 9.84 Å². The third-order valence-electron chi connectivity index (χ3n) is 7.17. The van der Waals surface area contributed by atoms with Crippen molar-refractivity contribution >= 4 is 11.8 Å². The molecular formula is C26H35FN4O4. The van der Waals surface area contributed by atoms with Crippen molar-refractivity contribution < 1.29 is 23.8 Å². The molecule has 4 rings (SSSR count). The zero-order valence-electron chi connectivity index (χ0n) is 20.3. The summed E-state index contributed by atoms with van der Waals surface area (Å²) in [7, 11) is 0. The molecule has 1 aliphatic heterocycles. The molecule has 2 fully saturated rings. The maximum atomic E-state index is 14.3. The summed E-state index contributed by atoms with van der Waals surface area (Å²) in [5.41, 5.74) is 0.280. The highest BCUT2D eigenvalue weighted by Gasteiger charge is 2.31. The number of aliphatic hydroxyl groups is 1. The van der Waals surface area contributed by atoms with Crippen LogP contribution in [0, 0.1) is 17.7 Å². The smallest absolute Gasteiger partial charge is 0.229 e. The van der Waals surface area contributed by atoms with Crippen LogP contribution in [0.15, 0.2) is 24.4 Å². The van der Waals surface area contributed by atoms with E-state index >= 15 is 0 Å². The number of aromatic nitrogens is 3. The van der Waals surface area contributed by atoms with Crippen LogP contribution in [0.3, 0.4) is 0 Å². The van der Waals surface area contributed by atoms with Gasteiger partial charge in [-0.1, -0.05) is 31.0 Å². The van der Waals surface area contributed by atoms with Gasteiger partial charge in [0.05, 0.1) is 25.0 Å². The highest BCUT2D eigenvalue weighted by Crippen LogP contribution is 2.34. The molecule has 190 valence electrons. The topological polar surface area (TPSA) is 106 Å². The molecule has 2 N–H and O–H groups in total. The van der Waals surface area contributed by atoms with E-state index in [1.165, 1.54) is 6.07 Å². The van der Waals surface area contributed by atoms with Crippen molar-refractivity contribution in [2.75, 3.05) is 6.61 Å². The zero-order chi connectivity index (χ0) is 24.8. The van der Waals surface area contributed by atoms with Crippen molar-refractivity contribution in [2.45, 2.75) is 83.3 Å². The SMILES string of the molecule is CCC(O)(Cn1nncc1CCCCCC1CCC(=O)NC1=O)c1ccc(F)c(OCC2CC2)c1. The Morgan fingerprint density at radius 2 is 2.06 bits per heavy atom. The van der Waals surface area contributed by atoms with Gasteiger partial charge in [0.25, 0.3) is 0 Å². The number of carbonyl (C=O) groups is 2. The number of nitrogens with one attached hydrogen (secondary N) is 1. The quantitative estimate of drug-likeness (QED) is 0.331. The van der Waals surface area contributed by atoms with E-state index in [1.807, 2.05) is 6.92 Å². The maximum absolute atomic E-state index is 14.3. The molecule has 0 radical (unpaired) electrons. The van der Waals surface area contributed by atoms with E-state index in [4.69, 9.17) is 4.74 Å². The molecule has 1 saturated heterocycles. The summed E-state index contributed by atoms with van der Waals surface area (Å²) < 4.78 is 21.7. The zero-order valence-corrected chi connectivity index (χ0v) is 20.3. The lowest BCUT2D eigenvalue weighted by atomic mass is 9.90. The molecule has 1 aromatic heterocycles. The van der Waals surface area contributed by atoms with E-state index in [1.54, 1.807) is 23.0 Å². The summed E-state index contributed by atoms with van der Waals surface area (Å²) in [6.07, 6.45) is 9.71. The van der Waals surface area contributed by atoms with Gasteiger partial charge in [-0.25, -0.2) is 9.07 Å². The van der Waals surface area contributed by atoms with E-state index in [0.717, 1.165) is 50.6 Å². The number of nitrogens with zero attached hydrogens (tertiary/aromatic N) is 3. The summed E-state index contributed by atoms with van der Waals surface area (Å²) in [5, 5.41) is 22.1. The number of aryl methyl sites for hydroxylation is 1. The number of carbonyl (C=O) groups excluding carboxylic acids is 2. The Hall–Kier alpha value is -2.81. The van der Waals surface area contributed by atoms with Gasteiger partial charge in [0.15, 0.2) is 11.6 Å². The minimum atomic E-state index is -1.24. The summed E-state index contributed by atoms with van der Waals surface area (Å²) in [6, 6.07) is 4.56. The summed E-state index contributed by atoms with van der Waals surface area (Å²) in [4.78, 5) is 23.2. The van der Waals surface area contributed by atoms with Crippen LogP contribution in [-0.2, 0) is 28.2 Å². The molecule has 1 aromatic carbocycles. The summed E-state index contributed by atoms with van der Waals surface area (Å²) >= 11 is 0. The van der Waals surface area contributed by atoms with Crippen molar-refractivity contribution in [1.82, 2.24) is 20.3 Å². The maximum Gasteiger partial charge on any atom is 0.229 e. The molecule has 1 saturated carbocycles. The number of halogens is 1. The molecule has 2 aliphatic rings. The number of hydrogen-bond donors (Lipinski definition) is 2. The molecule has 0 spiro atoms. The van der Waals surface area contributed by atoms with E-state index in [2.05, 4.69) is 15.6 Å². The molecule has 35 heavy (non-hydrogen) atoms. The molecule has 8 nitrogen and oxygen atoms in total. The van der Waals surface area contributed by atoms with Gasteiger partial charge in [-0.05, 0) is 68.6 Å². The Morgan fingerprint density at radius 3 is 2.80 bits per heavy atom. The van der Waals surface area contributed by atoms with Crippen LogP contribution < -0.4 is 10.1 Å². The molecule has 2 heterocycles. The van der Waals surface area contributed by atoms with Gasteiger partial charge >= 0.3 is 0 Å². The largest absolute Gasteiger partial charge is 0.490 e. The highest BCUT2D eigenvalue weighted by atomic mass is 19.1. The van der Waals surface area contributed by atoms with Gasteiger partial charge in [-0.15, -0.1) is 5.10 Å². The average molecular weight is 487 g/mol. The van der Waals surface area contributed by atoms with Gasteiger partial charge in [0.1, 0.15) is 5.60 Å². The highest BCUT2D eigenvalue weighted by molar-refractivity contribution is 5.98. The van der Waals surface area contributed by atoms with E-state index in [-0.39, 0.29) is 30.0 Å². The first kappa shape index (κ1) is 25.3. The Kier molecular flexibility index (Phi) is 8.15. The first-order valence-corrected chi connectivity index (χ1v) is 12.7. The predicted molar refractivity (Wildman–Crippen MR) is 127 cm³/mol. The fraction of sp³-hybridized carbons (Fsp3) is 0.615. The van der Waals surface area contributed by atoms with E-state index in [9.17, 15) is 19.1 Å². The van der Waals surface area contributed by atoms with Crippen molar-refractivity contribution in [3.8, 4) is 5.75 Å². The number of benzene rings is 1. The molecule has 0 bridgehead atoms. The number of rotatable bonds is 13. The first-order chi connectivity index (χ1) is 16.9. The predicted octanol–water partition coefficient (Wildman–Crippen LogP) is 3.66. The second-order valence-electron chi connectivity index (χ2n) is 9.92. The lowest BCUT2D eigenvalue weighted by molar-refractivity contribution is -0.136. The molecule has 2 unspecified atom stereocenters. The van der Waals surface area contributed by atoms with Crippen LogP contribution in [-0.4, -0.2) is 38.5 Å². The number of piperidine rings is 1. The number of ether oxygens (including phenoxy) is 1. The average Bonchev–Trinajstić information content (AvgIpc) is 3.58. The molecule has 2 aromatic rings. The van der Waals surface area contributed by atoms with Crippen molar-refractivity contribution in [2.24, 2.45) is 11.8 Å². The van der Waals surface area contributed by atoms with Crippen LogP contribution >= 0.6 is 0 Å². The standard InChI is InChI=1S/C26H35FN4O4/c1-2-26(34,20-11-12-22(27)23(14-20)35-16-18-8-9-18)17-31-21(15-28-30-31)7-5-3-4-6-19-10-13-24(32)29-25(19)33/h11-12,14-15,18-19,34H,2-10,13,16-17H2,1H3,(H,29,32,33). The number of imide groups is 1. The minimum absolute atomic E-state index is 0.0756. The van der Waals surface area contributed by atoms with Gasteiger partial charge in [-0.3, -0.25) is 14.9 Å². The number of unbranched alkanes of at least 4 members (excludes halogenated alkanes) is 2. The molecule has 2 atom stereocenters. The Bertz CT molecular complexity index is 1040. The van der Waals surface area contributed by atoms with Crippen molar-refractivity contribution in [3.05, 3.63) is 41.5 Å². The van der Waals surface area contributed by atoms with Gasteiger partial charge in [-0.2, -0.15) is 0 Å². The van der Waals surface area contributed by atoms with E-state index < -0.39 is 11.4 Å². The third kappa shape index (κ3) is 6.66. The Labute approximate surface area is 205 Å². The number of hydrogen-bond acceptors (Lipinski definition) is 6. The normalized spacial score (nSPS) is 19.9. The van der Waals surface area contributed by atoms with E-state index in [0.29, 0.717) is 37.4 Å². The Morgan fingerprint density at radius 1 is 1.23 bits per heavy atom. The summed E-state index contributed by atoms with van der Waals surface area (Å²) in [6.45, 7) is 2.60. The fourth-order valence-electron chi connectivity index (χ4n) is 4.54. The van der Waals surface area contributed by atoms with Crippen LogP contribution in [0.25, 0.3) is 0 Å². The van der Waals surface area contributed by atoms with Gasteiger partial charge in [0, 0.05) is 12.3 Å². The minimum Gasteiger partial charge on any atom is -0.490 e. The van der Waals surface area contributed by atoms with Crippen LogP contribution in [0.2, 0.25) is 0 Å². The third-order valence-corrected chi connectivity index (χ3v) is 7.17.